The van der Waals surface area contributed by atoms with Gasteiger partial charge in [0.2, 0.25) is 0 Å². The molecule has 0 aromatic heterocycles. The summed E-state index contributed by atoms with van der Waals surface area (Å²) in [7, 11) is 0. The first-order valence-corrected chi connectivity index (χ1v) is 6.47. The van der Waals surface area contributed by atoms with Crippen LogP contribution >= 0.6 is 23.2 Å². The van der Waals surface area contributed by atoms with Gasteiger partial charge in [-0.1, -0.05) is 43.5 Å². The lowest BCUT2D eigenvalue weighted by atomic mass is 10.0. The molecule has 1 aromatic rings. The van der Waals surface area contributed by atoms with E-state index in [9.17, 15) is 0 Å². The molecule has 0 aliphatic rings. The summed E-state index contributed by atoms with van der Waals surface area (Å²) in [6, 6.07) is 6.15. The number of nitrogens with one attached hydrogen (secondary N) is 1. The van der Waals surface area contributed by atoms with Crippen molar-refractivity contribution in [3.8, 4) is 0 Å². The van der Waals surface area contributed by atoms with Gasteiger partial charge in [-0.2, -0.15) is 0 Å². The van der Waals surface area contributed by atoms with Gasteiger partial charge in [-0.25, -0.2) is 0 Å². The Morgan fingerprint density at radius 2 is 1.69 bits per heavy atom. The Morgan fingerprint density at radius 3 is 2.19 bits per heavy atom. The maximum atomic E-state index is 5.94. The van der Waals surface area contributed by atoms with Crippen LogP contribution in [0.25, 0.3) is 0 Å². The fourth-order valence-corrected chi connectivity index (χ4v) is 2.12. The molecule has 0 aliphatic heterocycles. The second-order valence-corrected chi connectivity index (χ2v) is 5.21. The smallest absolute Gasteiger partial charge is 0.0424 e. The van der Waals surface area contributed by atoms with Gasteiger partial charge in [0.05, 0.1) is 0 Å². The summed E-state index contributed by atoms with van der Waals surface area (Å²) >= 11 is 11.9. The molecule has 0 heterocycles. The quantitative estimate of drug-likeness (QED) is 0.820. The van der Waals surface area contributed by atoms with E-state index in [1.807, 2.05) is 12.1 Å². The van der Waals surface area contributed by atoms with Gasteiger partial charge in [0.1, 0.15) is 0 Å². The molecule has 16 heavy (non-hydrogen) atoms. The van der Waals surface area contributed by atoms with E-state index >= 15 is 0 Å². The third-order valence-corrected chi connectivity index (χ3v) is 3.48. The van der Waals surface area contributed by atoms with Crippen LogP contribution in [0.4, 0.5) is 0 Å². The molecule has 0 saturated heterocycles. The first-order valence-electron chi connectivity index (χ1n) is 5.71. The van der Waals surface area contributed by atoms with Crippen molar-refractivity contribution in [3.05, 3.63) is 33.8 Å². The van der Waals surface area contributed by atoms with Gasteiger partial charge in [0.25, 0.3) is 0 Å². The molecule has 1 nitrogen and oxygen atoms in total. The van der Waals surface area contributed by atoms with E-state index in [1.54, 1.807) is 6.07 Å². The zero-order valence-electron chi connectivity index (χ0n) is 10.1. The first-order chi connectivity index (χ1) is 7.52. The van der Waals surface area contributed by atoms with Crippen molar-refractivity contribution >= 4 is 23.2 Å². The van der Waals surface area contributed by atoms with Crippen LogP contribution in [0.15, 0.2) is 18.2 Å². The second-order valence-electron chi connectivity index (χ2n) is 4.33. The Hall–Kier alpha value is -0.240. The molecule has 3 heteroatoms. The molecule has 0 bridgehead atoms. The highest BCUT2D eigenvalue weighted by molar-refractivity contribution is 6.34. The molecular weight excluding hydrogens is 241 g/mol. The predicted octanol–water partition coefficient (Wildman–Crippen LogP) is 4.52. The van der Waals surface area contributed by atoms with Crippen molar-refractivity contribution in [3.63, 3.8) is 0 Å². The second kappa shape index (κ2) is 6.48. The fraction of sp³-hybridized carbons (Fsp3) is 0.538. The molecule has 0 saturated carbocycles. The monoisotopic (exact) mass is 259 g/mol. The van der Waals surface area contributed by atoms with Crippen molar-refractivity contribution in [2.45, 2.75) is 39.8 Å². The topological polar surface area (TPSA) is 12.0 Å². The summed E-state index contributed by atoms with van der Waals surface area (Å²) in [6.07, 6.45) is 1.18. The van der Waals surface area contributed by atoms with Gasteiger partial charge in [0.15, 0.2) is 0 Å². The zero-order valence-corrected chi connectivity index (χ0v) is 11.6. The summed E-state index contributed by atoms with van der Waals surface area (Å²) in [6.45, 7) is 7.48. The summed E-state index contributed by atoms with van der Waals surface area (Å²) in [5, 5.41) is 4.88. The van der Waals surface area contributed by atoms with Crippen LogP contribution in [0.1, 0.15) is 32.8 Å². The first kappa shape index (κ1) is 13.8. The minimum absolute atomic E-state index is 0.503. The average Bonchev–Trinajstić information content (AvgIpc) is 2.23. The number of hydrogen-bond acceptors (Lipinski definition) is 1. The molecule has 1 N–H and O–H groups in total. The standard InChI is InChI=1S/C13H19Cl2N/c1-4-9(2)10(3)16-8-11-5-12(14)7-13(15)6-11/h5-7,9-10,16H,4,8H2,1-3H3. The average molecular weight is 260 g/mol. The summed E-state index contributed by atoms with van der Waals surface area (Å²) in [4.78, 5) is 0. The Kier molecular flexibility index (Phi) is 5.60. The summed E-state index contributed by atoms with van der Waals surface area (Å²) < 4.78 is 0. The van der Waals surface area contributed by atoms with Gasteiger partial charge < -0.3 is 5.32 Å². The molecule has 90 valence electrons. The number of rotatable bonds is 5. The molecule has 0 spiro atoms. The normalized spacial score (nSPS) is 14.8. The lowest BCUT2D eigenvalue weighted by Crippen LogP contribution is -2.31. The van der Waals surface area contributed by atoms with E-state index < -0.39 is 0 Å². The maximum absolute atomic E-state index is 5.94. The summed E-state index contributed by atoms with van der Waals surface area (Å²) in [5.41, 5.74) is 1.13. The van der Waals surface area contributed by atoms with Crippen LogP contribution in [-0.4, -0.2) is 6.04 Å². The van der Waals surface area contributed by atoms with Crippen LogP contribution in [0, 0.1) is 5.92 Å². The van der Waals surface area contributed by atoms with Gasteiger partial charge in [-0.15, -0.1) is 0 Å². The molecule has 0 radical (unpaired) electrons. The van der Waals surface area contributed by atoms with E-state index in [0.717, 1.165) is 12.1 Å². The highest BCUT2D eigenvalue weighted by Gasteiger charge is 2.09. The molecule has 2 atom stereocenters. The van der Waals surface area contributed by atoms with Crippen LogP contribution < -0.4 is 5.32 Å². The van der Waals surface area contributed by atoms with Crippen LogP contribution in [0.3, 0.4) is 0 Å². The highest BCUT2D eigenvalue weighted by atomic mass is 35.5. The van der Waals surface area contributed by atoms with Crippen molar-refractivity contribution in [1.82, 2.24) is 5.32 Å². The zero-order chi connectivity index (χ0) is 12.1. The Bertz CT molecular complexity index is 318. The minimum atomic E-state index is 0.503. The molecule has 0 amide bonds. The number of hydrogen-bond donors (Lipinski definition) is 1. The van der Waals surface area contributed by atoms with Gasteiger partial charge in [0, 0.05) is 22.6 Å². The molecule has 1 aromatic carbocycles. The van der Waals surface area contributed by atoms with Crippen molar-refractivity contribution in [2.75, 3.05) is 0 Å². The van der Waals surface area contributed by atoms with Crippen molar-refractivity contribution < 1.29 is 0 Å². The molecule has 2 unspecified atom stereocenters. The van der Waals surface area contributed by atoms with E-state index in [0.29, 0.717) is 22.0 Å². The van der Waals surface area contributed by atoms with Crippen LogP contribution in [0.5, 0.6) is 0 Å². The van der Waals surface area contributed by atoms with Crippen molar-refractivity contribution in [2.24, 2.45) is 5.92 Å². The number of benzene rings is 1. The Morgan fingerprint density at radius 1 is 1.12 bits per heavy atom. The highest BCUT2D eigenvalue weighted by Crippen LogP contribution is 2.19. The molecule has 0 fully saturated rings. The predicted molar refractivity (Wildman–Crippen MR) is 72.2 cm³/mol. The van der Waals surface area contributed by atoms with E-state index in [2.05, 4.69) is 26.1 Å². The third-order valence-electron chi connectivity index (χ3n) is 3.05. The van der Waals surface area contributed by atoms with Crippen LogP contribution in [-0.2, 0) is 6.54 Å². The summed E-state index contributed by atoms with van der Waals surface area (Å²) in [5.74, 6) is 0.676. The molecular formula is C13H19Cl2N. The minimum Gasteiger partial charge on any atom is -0.310 e. The van der Waals surface area contributed by atoms with Crippen molar-refractivity contribution in [1.29, 1.82) is 0 Å². The third kappa shape index (κ3) is 4.32. The SMILES string of the molecule is CCC(C)C(C)NCc1cc(Cl)cc(Cl)c1. The maximum Gasteiger partial charge on any atom is 0.0424 e. The van der Waals surface area contributed by atoms with E-state index in [4.69, 9.17) is 23.2 Å². The molecule has 1 rings (SSSR count). The van der Waals surface area contributed by atoms with E-state index in [-0.39, 0.29) is 0 Å². The Labute approximate surface area is 108 Å². The molecule has 0 aliphatic carbocycles. The number of halogens is 2. The lowest BCUT2D eigenvalue weighted by Gasteiger charge is -2.20. The van der Waals surface area contributed by atoms with E-state index in [1.165, 1.54) is 6.42 Å². The van der Waals surface area contributed by atoms with Gasteiger partial charge in [-0.05, 0) is 36.6 Å². The lowest BCUT2D eigenvalue weighted by molar-refractivity contribution is 0.389. The van der Waals surface area contributed by atoms with Gasteiger partial charge >= 0.3 is 0 Å². The van der Waals surface area contributed by atoms with Gasteiger partial charge in [-0.3, -0.25) is 0 Å². The fourth-order valence-electron chi connectivity index (χ4n) is 1.55. The Balaban J connectivity index is 2.54. The largest absolute Gasteiger partial charge is 0.310 e. The van der Waals surface area contributed by atoms with Crippen LogP contribution in [0.2, 0.25) is 10.0 Å².